The third kappa shape index (κ3) is 1.15. The summed E-state index contributed by atoms with van der Waals surface area (Å²) in [5.41, 5.74) is -0.424. The predicted octanol–water partition coefficient (Wildman–Crippen LogP) is 0.775. The molecule has 1 aliphatic carbocycles. The summed E-state index contributed by atoms with van der Waals surface area (Å²) in [6, 6.07) is 0. The van der Waals surface area contributed by atoms with Gasteiger partial charge in [-0.05, 0) is 13.3 Å². The number of carbonyl (C=O) groups is 2. The molecule has 0 bridgehead atoms. The Labute approximate surface area is 65.7 Å². The van der Waals surface area contributed by atoms with E-state index in [0.717, 1.165) is 0 Å². The van der Waals surface area contributed by atoms with Crippen LogP contribution in [0.1, 0.15) is 20.3 Å². The van der Waals surface area contributed by atoms with Crippen molar-refractivity contribution in [3.63, 3.8) is 0 Å². The van der Waals surface area contributed by atoms with Crippen molar-refractivity contribution < 1.29 is 14.3 Å². The molecule has 0 aromatic heterocycles. The number of hydrogen-bond acceptors (Lipinski definition) is 3. The first-order valence-corrected chi connectivity index (χ1v) is 3.61. The second-order valence-electron chi connectivity index (χ2n) is 3.25. The lowest BCUT2D eigenvalue weighted by molar-refractivity contribution is -0.144. The Kier molecular flexibility index (Phi) is 1.74. The molecule has 0 heterocycles. The average Bonchev–Trinajstić information content (AvgIpc) is 2.63. The summed E-state index contributed by atoms with van der Waals surface area (Å²) in [4.78, 5) is 21.9. The van der Waals surface area contributed by atoms with Gasteiger partial charge >= 0.3 is 5.97 Å². The third-order valence-corrected chi connectivity index (χ3v) is 2.53. The van der Waals surface area contributed by atoms with Crippen LogP contribution in [0.2, 0.25) is 0 Å². The highest BCUT2D eigenvalue weighted by molar-refractivity contribution is 5.93. The number of ether oxygens (including phenoxy) is 1. The van der Waals surface area contributed by atoms with Gasteiger partial charge in [-0.3, -0.25) is 9.59 Å². The van der Waals surface area contributed by atoms with Gasteiger partial charge < -0.3 is 4.74 Å². The Balaban J connectivity index is 2.60. The molecule has 0 saturated heterocycles. The fraction of sp³-hybridized carbons (Fsp3) is 0.750. The molecule has 3 heteroatoms. The topological polar surface area (TPSA) is 43.4 Å². The molecular weight excluding hydrogens is 144 g/mol. The minimum Gasteiger partial charge on any atom is -0.469 e. The molecule has 0 aromatic carbocycles. The maximum Gasteiger partial charge on any atom is 0.309 e. The van der Waals surface area contributed by atoms with Crippen LogP contribution in [0.25, 0.3) is 0 Å². The lowest BCUT2D eigenvalue weighted by Crippen LogP contribution is -2.15. The van der Waals surface area contributed by atoms with E-state index in [2.05, 4.69) is 4.74 Å². The van der Waals surface area contributed by atoms with Gasteiger partial charge in [0.2, 0.25) is 0 Å². The first-order chi connectivity index (χ1) is 5.02. The normalized spacial score (nSPS) is 34.6. The summed E-state index contributed by atoms with van der Waals surface area (Å²) >= 11 is 0. The van der Waals surface area contributed by atoms with Crippen molar-refractivity contribution in [2.45, 2.75) is 20.3 Å². The fourth-order valence-corrected chi connectivity index (χ4v) is 1.24. The Morgan fingerprint density at radius 2 is 2.09 bits per heavy atom. The summed E-state index contributed by atoms with van der Waals surface area (Å²) < 4.78 is 4.53. The van der Waals surface area contributed by atoms with E-state index < -0.39 is 5.41 Å². The highest BCUT2D eigenvalue weighted by Crippen LogP contribution is 2.53. The molecular formula is C8H12O3. The van der Waals surface area contributed by atoms with Gasteiger partial charge in [-0.1, -0.05) is 6.92 Å². The Hall–Kier alpha value is -0.860. The summed E-state index contributed by atoms with van der Waals surface area (Å²) in [6.07, 6.45) is 0.648. The molecule has 2 unspecified atom stereocenters. The lowest BCUT2D eigenvalue weighted by atomic mass is 10.0. The molecule has 1 aliphatic rings. The summed E-state index contributed by atoms with van der Waals surface area (Å²) in [5.74, 6) is -0.374. The third-order valence-electron chi connectivity index (χ3n) is 2.53. The van der Waals surface area contributed by atoms with E-state index in [1.807, 2.05) is 0 Å². The monoisotopic (exact) mass is 156 g/mol. The van der Waals surface area contributed by atoms with Gasteiger partial charge in [0.25, 0.3) is 0 Å². The molecule has 11 heavy (non-hydrogen) atoms. The minimum absolute atomic E-state index is 0.0768. The van der Waals surface area contributed by atoms with E-state index in [9.17, 15) is 9.59 Å². The van der Waals surface area contributed by atoms with Gasteiger partial charge in [-0.2, -0.15) is 0 Å². The molecule has 0 aromatic rings. The van der Waals surface area contributed by atoms with Crippen LogP contribution in [0, 0.1) is 11.3 Å². The van der Waals surface area contributed by atoms with Gasteiger partial charge in [0, 0.05) is 5.41 Å². The molecule has 0 spiro atoms. The Morgan fingerprint density at radius 1 is 1.55 bits per heavy atom. The standard InChI is InChI=1S/C8H12O3/c1-5(9)8(2)4-6(8)7(10)11-3/h6H,4H2,1-3H3. The van der Waals surface area contributed by atoms with Crippen LogP contribution in [-0.4, -0.2) is 18.9 Å². The van der Waals surface area contributed by atoms with E-state index in [1.54, 1.807) is 6.92 Å². The number of Topliss-reactive ketones (excluding diaryl/α,β-unsaturated/α-hetero) is 1. The van der Waals surface area contributed by atoms with Crippen molar-refractivity contribution in [1.29, 1.82) is 0 Å². The van der Waals surface area contributed by atoms with E-state index in [1.165, 1.54) is 14.0 Å². The first-order valence-electron chi connectivity index (χ1n) is 3.61. The minimum atomic E-state index is -0.424. The summed E-state index contributed by atoms with van der Waals surface area (Å²) in [5, 5.41) is 0. The molecule has 0 amide bonds. The zero-order valence-corrected chi connectivity index (χ0v) is 7.01. The largest absolute Gasteiger partial charge is 0.469 e. The van der Waals surface area contributed by atoms with E-state index in [4.69, 9.17) is 0 Å². The second kappa shape index (κ2) is 2.32. The molecule has 1 fully saturated rings. The van der Waals surface area contributed by atoms with Gasteiger partial charge in [0.15, 0.2) is 0 Å². The maximum atomic E-state index is 11.0. The molecule has 2 atom stereocenters. The van der Waals surface area contributed by atoms with Gasteiger partial charge in [0.05, 0.1) is 13.0 Å². The molecule has 62 valence electrons. The van der Waals surface area contributed by atoms with Crippen molar-refractivity contribution in [3.05, 3.63) is 0 Å². The van der Waals surface area contributed by atoms with Gasteiger partial charge in [-0.15, -0.1) is 0 Å². The maximum absolute atomic E-state index is 11.0. The predicted molar refractivity (Wildman–Crippen MR) is 38.9 cm³/mol. The van der Waals surface area contributed by atoms with E-state index in [0.29, 0.717) is 6.42 Å². The van der Waals surface area contributed by atoms with Gasteiger partial charge in [-0.25, -0.2) is 0 Å². The van der Waals surface area contributed by atoms with Crippen LogP contribution in [-0.2, 0) is 14.3 Å². The number of rotatable bonds is 2. The van der Waals surface area contributed by atoms with Crippen LogP contribution in [0.5, 0.6) is 0 Å². The quantitative estimate of drug-likeness (QED) is 0.555. The lowest BCUT2D eigenvalue weighted by Gasteiger charge is -2.03. The van der Waals surface area contributed by atoms with Crippen LogP contribution in [0.3, 0.4) is 0 Å². The molecule has 1 rings (SSSR count). The zero-order chi connectivity index (χ0) is 8.65. The van der Waals surface area contributed by atoms with Crippen molar-refractivity contribution in [3.8, 4) is 0 Å². The van der Waals surface area contributed by atoms with Crippen LogP contribution < -0.4 is 0 Å². The smallest absolute Gasteiger partial charge is 0.309 e. The molecule has 0 aliphatic heterocycles. The van der Waals surface area contributed by atoms with Gasteiger partial charge in [0.1, 0.15) is 5.78 Å². The highest BCUT2D eigenvalue weighted by atomic mass is 16.5. The number of methoxy groups -OCH3 is 1. The SMILES string of the molecule is COC(=O)C1CC1(C)C(C)=O. The molecule has 1 saturated carbocycles. The number of carbonyl (C=O) groups excluding carboxylic acids is 2. The highest BCUT2D eigenvalue weighted by Gasteiger charge is 2.58. The Morgan fingerprint density at radius 3 is 2.36 bits per heavy atom. The average molecular weight is 156 g/mol. The van der Waals surface area contributed by atoms with E-state index >= 15 is 0 Å². The first kappa shape index (κ1) is 8.24. The van der Waals surface area contributed by atoms with Crippen molar-refractivity contribution in [1.82, 2.24) is 0 Å². The zero-order valence-electron chi connectivity index (χ0n) is 7.01. The Bertz CT molecular complexity index is 209. The van der Waals surface area contributed by atoms with Crippen LogP contribution in [0.15, 0.2) is 0 Å². The number of esters is 1. The van der Waals surface area contributed by atoms with Crippen molar-refractivity contribution in [2.75, 3.05) is 7.11 Å². The fourth-order valence-electron chi connectivity index (χ4n) is 1.24. The van der Waals surface area contributed by atoms with E-state index in [-0.39, 0.29) is 17.7 Å². The molecule has 0 radical (unpaired) electrons. The van der Waals surface area contributed by atoms with Crippen molar-refractivity contribution >= 4 is 11.8 Å². The number of ketones is 1. The molecule has 3 nitrogen and oxygen atoms in total. The summed E-state index contributed by atoms with van der Waals surface area (Å²) in [7, 11) is 1.35. The van der Waals surface area contributed by atoms with Crippen LogP contribution >= 0.6 is 0 Å². The van der Waals surface area contributed by atoms with Crippen LogP contribution in [0.4, 0.5) is 0 Å². The second-order valence-corrected chi connectivity index (χ2v) is 3.25. The molecule has 0 N–H and O–H groups in total. The number of hydrogen-bond donors (Lipinski definition) is 0. The summed E-state index contributed by atoms with van der Waals surface area (Å²) in [6.45, 7) is 3.32. The van der Waals surface area contributed by atoms with Crippen molar-refractivity contribution in [2.24, 2.45) is 11.3 Å².